The zero-order chi connectivity index (χ0) is 24.2. The number of anilines is 1. The lowest BCUT2D eigenvalue weighted by Crippen LogP contribution is -2.28. The van der Waals surface area contributed by atoms with Crippen LogP contribution >= 0.6 is 22.9 Å². The molecule has 2 aromatic heterocycles. The van der Waals surface area contributed by atoms with Gasteiger partial charge in [-0.3, -0.25) is 14.2 Å². The van der Waals surface area contributed by atoms with Crippen molar-refractivity contribution in [3.8, 4) is 5.75 Å². The smallest absolute Gasteiger partial charge is 0.349 e. The number of methoxy groups -OCH3 is 1. The number of hydrogen-bond acceptors (Lipinski definition) is 7. The molecule has 0 fully saturated rings. The predicted molar refractivity (Wildman–Crippen MR) is 131 cm³/mol. The summed E-state index contributed by atoms with van der Waals surface area (Å²) in [5, 5.41) is 3.40. The fourth-order valence-electron chi connectivity index (χ4n) is 3.38. The zero-order valence-electron chi connectivity index (χ0n) is 18.3. The number of nitrogens with one attached hydrogen (secondary N) is 1. The lowest BCUT2D eigenvalue weighted by molar-refractivity contribution is -0.116. The van der Waals surface area contributed by atoms with E-state index in [1.807, 2.05) is 30.3 Å². The minimum atomic E-state index is -0.527. The van der Waals surface area contributed by atoms with Gasteiger partial charge in [-0.25, -0.2) is 9.78 Å². The molecule has 0 spiro atoms. The van der Waals surface area contributed by atoms with E-state index in [0.29, 0.717) is 31.7 Å². The largest absolute Gasteiger partial charge is 0.495 e. The number of ether oxygens (including phenoxy) is 2. The Morgan fingerprint density at radius 1 is 1.18 bits per heavy atom. The summed E-state index contributed by atoms with van der Waals surface area (Å²) in [7, 11) is 1.48. The van der Waals surface area contributed by atoms with E-state index in [1.165, 1.54) is 18.0 Å². The molecular formula is C24H20ClN3O5S. The molecule has 4 aromatic rings. The monoisotopic (exact) mass is 497 g/mol. The number of carbonyl (C=O) groups is 2. The van der Waals surface area contributed by atoms with Gasteiger partial charge in [0.2, 0.25) is 5.91 Å². The molecule has 0 radical (unpaired) electrons. The van der Waals surface area contributed by atoms with E-state index in [2.05, 4.69) is 10.3 Å². The Bertz CT molecular complexity index is 1430. The number of hydrogen-bond donors (Lipinski definition) is 1. The van der Waals surface area contributed by atoms with Crippen molar-refractivity contribution >= 4 is 50.7 Å². The normalized spacial score (nSPS) is 10.8. The maximum atomic E-state index is 13.1. The third kappa shape index (κ3) is 4.95. The average molecular weight is 498 g/mol. The molecule has 0 unspecified atom stereocenters. The number of aromatic nitrogens is 2. The van der Waals surface area contributed by atoms with Crippen molar-refractivity contribution in [3.05, 3.63) is 86.2 Å². The highest BCUT2D eigenvalue weighted by Gasteiger charge is 2.21. The van der Waals surface area contributed by atoms with E-state index >= 15 is 0 Å². The summed E-state index contributed by atoms with van der Waals surface area (Å²) >= 11 is 7.09. The van der Waals surface area contributed by atoms with Crippen LogP contribution in [0.2, 0.25) is 5.02 Å². The number of halogens is 1. The van der Waals surface area contributed by atoms with Gasteiger partial charge in [-0.15, -0.1) is 11.3 Å². The quantitative estimate of drug-likeness (QED) is 0.379. The van der Waals surface area contributed by atoms with Gasteiger partial charge in [-0.05, 0) is 36.2 Å². The second kappa shape index (κ2) is 10.1. The molecule has 1 N–H and O–H groups in total. The number of esters is 1. The molecule has 8 nitrogen and oxygen atoms in total. The van der Waals surface area contributed by atoms with Crippen LogP contribution in [0, 0.1) is 6.92 Å². The molecule has 0 aliphatic carbocycles. The summed E-state index contributed by atoms with van der Waals surface area (Å²) < 4.78 is 11.8. The molecule has 0 bridgehead atoms. The van der Waals surface area contributed by atoms with Crippen molar-refractivity contribution in [1.29, 1.82) is 0 Å². The molecule has 1 amide bonds. The first-order chi connectivity index (χ1) is 16.4. The van der Waals surface area contributed by atoms with Crippen molar-refractivity contribution in [2.24, 2.45) is 0 Å². The number of nitrogens with zero attached hydrogens (tertiary/aromatic N) is 2. The minimum absolute atomic E-state index is 0.123. The van der Waals surface area contributed by atoms with Crippen molar-refractivity contribution in [2.75, 3.05) is 12.4 Å². The van der Waals surface area contributed by atoms with Gasteiger partial charge in [-0.2, -0.15) is 0 Å². The second-order valence-electron chi connectivity index (χ2n) is 7.37. The Morgan fingerprint density at radius 2 is 1.94 bits per heavy atom. The third-order valence-electron chi connectivity index (χ3n) is 5.07. The SMILES string of the molecule is COc1ccc(Cl)cc1NC(=O)Cn1cnc2sc(C(=O)OCc3ccccc3)c(C)c2c1=O. The number of fused-ring (bicyclic) bond motifs is 1. The lowest BCUT2D eigenvalue weighted by atomic mass is 10.2. The highest BCUT2D eigenvalue weighted by atomic mass is 35.5. The van der Waals surface area contributed by atoms with E-state index in [1.54, 1.807) is 25.1 Å². The minimum Gasteiger partial charge on any atom is -0.495 e. The third-order valence-corrected chi connectivity index (χ3v) is 6.48. The van der Waals surface area contributed by atoms with E-state index in [0.717, 1.165) is 16.9 Å². The van der Waals surface area contributed by atoms with Crippen LogP contribution in [0.4, 0.5) is 5.69 Å². The molecule has 2 aromatic carbocycles. The van der Waals surface area contributed by atoms with Gasteiger partial charge >= 0.3 is 5.97 Å². The van der Waals surface area contributed by atoms with Crippen LogP contribution in [0.25, 0.3) is 10.2 Å². The van der Waals surface area contributed by atoms with Crippen LogP contribution in [0.15, 0.2) is 59.7 Å². The Balaban J connectivity index is 1.54. The standard InChI is InChI=1S/C24H20ClN3O5S/c1-14-20-22(34-21(14)24(31)33-12-15-6-4-3-5-7-15)26-13-28(23(20)30)11-19(29)27-17-10-16(25)8-9-18(17)32-2/h3-10,13H,11-12H2,1-2H3,(H,27,29). The van der Waals surface area contributed by atoms with Gasteiger partial charge in [0.15, 0.2) is 0 Å². The maximum absolute atomic E-state index is 13.1. The average Bonchev–Trinajstić information content (AvgIpc) is 3.17. The number of carbonyl (C=O) groups excluding carboxylic acids is 2. The molecule has 0 saturated carbocycles. The molecular weight excluding hydrogens is 478 g/mol. The van der Waals surface area contributed by atoms with Gasteiger partial charge in [0, 0.05) is 5.02 Å². The molecule has 2 heterocycles. The summed E-state index contributed by atoms with van der Waals surface area (Å²) in [6.07, 6.45) is 1.29. The van der Waals surface area contributed by atoms with E-state index < -0.39 is 17.4 Å². The highest BCUT2D eigenvalue weighted by Crippen LogP contribution is 2.29. The Morgan fingerprint density at radius 3 is 2.68 bits per heavy atom. The summed E-state index contributed by atoms with van der Waals surface area (Å²) in [6, 6.07) is 14.1. The molecule has 4 rings (SSSR count). The van der Waals surface area contributed by atoms with Crippen molar-refractivity contribution in [1.82, 2.24) is 9.55 Å². The van der Waals surface area contributed by atoms with Gasteiger partial charge in [0.25, 0.3) is 5.56 Å². The molecule has 0 aliphatic heterocycles. The molecule has 10 heteroatoms. The van der Waals surface area contributed by atoms with Crippen LogP contribution in [0.3, 0.4) is 0 Å². The van der Waals surface area contributed by atoms with Gasteiger partial charge in [-0.1, -0.05) is 41.9 Å². The first kappa shape index (κ1) is 23.5. The van der Waals surface area contributed by atoms with Crippen molar-refractivity contribution in [3.63, 3.8) is 0 Å². The topological polar surface area (TPSA) is 99.5 Å². The molecule has 0 aliphatic rings. The molecule has 0 saturated heterocycles. The Hall–Kier alpha value is -3.69. The van der Waals surface area contributed by atoms with E-state index in [4.69, 9.17) is 21.1 Å². The van der Waals surface area contributed by atoms with Crippen LogP contribution in [0.5, 0.6) is 5.75 Å². The maximum Gasteiger partial charge on any atom is 0.349 e. The highest BCUT2D eigenvalue weighted by molar-refractivity contribution is 7.20. The summed E-state index contributed by atoms with van der Waals surface area (Å²) in [4.78, 5) is 43.3. The summed E-state index contributed by atoms with van der Waals surface area (Å²) in [6.45, 7) is 1.51. The van der Waals surface area contributed by atoms with Gasteiger partial charge in [0.1, 0.15) is 28.6 Å². The fourth-order valence-corrected chi connectivity index (χ4v) is 4.58. The number of thiophene rings is 1. The first-order valence-electron chi connectivity index (χ1n) is 10.2. The van der Waals surface area contributed by atoms with Gasteiger partial charge in [0.05, 0.1) is 24.5 Å². The second-order valence-corrected chi connectivity index (χ2v) is 8.80. The zero-order valence-corrected chi connectivity index (χ0v) is 19.9. The first-order valence-corrected chi connectivity index (χ1v) is 11.4. The van der Waals surface area contributed by atoms with Crippen LogP contribution < -0.4 is 15.6 Å². The van der Waals surface area contributed by atoms with E-state index in [-0.39, 0.29) is 18.5 Å². The number of amides is 1. The van der Waals surface area contributed by atoms with Crippen LogP contribution in [-0.4, -0.2) is 28.5 Å². The van der Waals surface area contributed by atoms with Crippen molar-refractivity contribution < 1.29 is 19.1 Å². The number of aryl methyl sites for hydroxylation is 1. The molecule has 34 heavy (non-hydrogen) atoms. The van der Waals surface area contributed by atoms with Gasteiger partial charge < -0.3 is 14.8 Å². The summed E-state index contributed by atoms with van der Waals surface area (Å²) in [5.74, 6) is -0.550. The number of rotatable bonds is 7. The molecule has 174 valence electrons. The Kier molecular flexibility index (Phi) is 6.95. The Labute approximate surface area is 203 Å². The van der Waals surface area contributed by atoms with Crippen LogP contribution in [-0.2, 0) is 22.7 Å². The van der Waals surface area contributed by atoms with Crippen LogP contribution in [0.1, 0.15) is 20.8 Å². The molecule has 0 atom stereocenters. The lowest BCUT2D eigenvalue weighted by Gasteiger charge is -2.11. The van der Waals surface area contributed by atoms with Crippen molar-refractivity contribution in [2.45, 2.75) is 20.1 Å². The number of benzene rings is 2. The fraction of sp³-hybridized carbons (Fsp3) is 0.167. The van der Waals surface area contributed by atoms with E-state index in [9.17, 15) is 14.4 Å². The summed E-state index contributed by atoms with van der Waals surface area (Å²) in [5.41, 5.74) is 1.30. The predicted octanol–water partition coefficient (Wildman–Crippen LogP) is 4.42.